The van der Waals surface area contributed by atoms with Gasteiger partial charge in [-0.25, -0.2) is 0 Å². The van der Waals surface area contributed by atoms with E-state index in [1.54, 1.807) is 48.5 Å². The molecule has 5 N–H and O–H groups in total. The molecule has 7 nitrogen and oxygen atoms in total. The number of hydrogen-bond donors (Lipinski definition) is 4. The molecule has 1 aliphatic carbocycles. The summed E-state index contributed by atoms with van der Waals surface area (Å²) in [5.41, 5.74) is 7.99. The van der Waals surface area contributed by atoms with Gasteiger partial charge >= 0.3 is 29.6 Å². The average molecular weight is 1020 g/mol. The zero-order valence-corrected chi connectivity index (χ0v) is 45.7. The fourth-order valence-electron chi connectivity index (χ4n) is 7.53. The van der Waals surface area contributed by atoms with Crippen LogP contribution < -0.4 is 39.0 Å². The van der Waals surface area contributed by atoms with Gasteiger partial charge in [-0.15, -0.1) is 23.2 Å². The molecule has 72 heavy (non-hydrogen) atoms. The van der Waals surface area contributed by atoms with E-state index in [-0.39, 0.29) is 74.3 Å². The zero-order valence-electron chi connectivity index (χ0n) is 42.2. The zero-order chi connectivity index (χ0) is 50.3. The van der Waals surface area contributed by atoms with E-state index in [2.05, 4.69) is 65.8 Å². The minimum atomic E-state index is -0.636. The van der Waals surface area contributed by atoms with Crippen LogP contribution in [0.4, 0.5) is 0 Å². The van der Waals surface area contributed by atoms with Crippen LogP contribution in [0.3, 0.4) is 0 Å². The van der Waals surface area contributed by atoms with Crippen molar-refractivity contribution in [1.29, 1.82) is 0 Å². The molecule has 0 unspecified atom stereocenters. The molecule has 10 heteroatoms. The molecule has 0 radical (unpaired) electrons. The Hall–Kier alpha value is -5.90. The van der Waals surface area contributed by atoms with Gasteiger partial charge in [0.1, 0.15) is 39.3 Å². The largest absolute Gasteiger partial charge is 1.00 e. The molecule has 1 saturated carbocycles. The summed E-state index contributed by atoms with van der Waals surface area (Å²) in [5, 5.41) is 38.0. The molecule has 1 aliphatic rings. The van der Waals surface area contributed by atoms with E-state index in [9.17, 15) is 20.4 Å². The van der Waals surface area contributed by atoms with E-state index < -0.39 is 11.1 Å². The molecule has 0 amide bonds. The second-order valence-corrected chi connectivity index (χ2v) is 20.0. The Morgan fingerprint density at radius 3 is 0.778 bits per heavy atom. The van der Waals surface area contributed by atoms with Crippen LogP contribution in [-0.2, 0) is 16.2 Å². The fourth-order valence-corrected chi connectivity index (χ4v) is 7.82. The molecule has 8 aromatic rings. The van der Waals surface area contributed by atoms with Crippen LogP contribution in [0.2, 0.25) is 0 Å². The number of phenols is 4. The van der Waals surface area contributed by atoms with Gasteiger partial charge in [0.05, 0.1) is 0 Å². The van der Waals surface area contributed by atoms with E-state index >= 15 is 0 Å². The van der Waals surface area contributed by atoms with E-state index in [0.29, 0.717) is 11.5 Å². The maximum atomic E-state index is 9.68. The molecule has 0 spiro atoms. The van der Waals surface area contributed by atoms with Crippen molar-refractivity contribution in [3.05, 3.63) is 251 Å². The summed E-state index contributed by atoms with van der Waals surface area (Å²) < 4.78 is 12.8. The monoisotopic (exact) mass is 1010 g/mol. The number of hydrogen-bond acceptors (Lipinski definition) is 7. The minimum Gasteiger partial charge on any atom is -0.870 e. The number of alkyl halides is 2. The maximum absolute atomic E-state index is 9.68. The Morgan fingerprint density at radius 1 is 0.347 bits per heavy atom. The van der Waals surface area contributed by atoms with Crippen molar-refractivity contribution in [2.24, 2.45) is 0 Å². The van der Waals surface area contributed by atoms with Crippen molar-refractivity contribution in [1.82, 2.24) is 0 Å². The molecular formula is C62H65Cl2NaO7. The molecule has 0 aromatic heterocycles. The number of aromatic hydroxyl groups is 4. The third-order valence-corrected chi connectivity index (χ3v) is 13.0. The Bertz CT molecular complexity index is 2630. The summed E-state index contributed by atoms with van der Waals surface area (Å²) in [7, 11) is 0. The van der Waals surface area contributed by atoms with Gasteiger partial charge in [0.15, 0.2) is 0 Å². The Balaban J connectivity index is 0.000000295. The number of phenolic OH excluding ortho intramolecular Hbond substituents is 4. The molecule has 0 heterocycles. The second-order valence-electron chi connectivity index (χ2n) is 18.9. The standard InChI is InChI=1S/C37H36O4.C15H16O2.C7H6Cl2.C3H6.Na.H2O/c1-36(2,27-10-18-31(38)19-11-27)29-14-22-33(23-15-29)40-35(26-8-6-5-7-9-26)41-34-24-16-30(17-25-34)37(3,4)28-12-20-32(39)21-13-28;1-15(2,11-3-7-13(16)8-4-11)12-5-9-14(17)10-6-12;8-7(9)6-4-2-1-3-5-6;1-2-3-1;;/h5-25,35,38-39H,1-4H3;3-10,16-17H,1-2H3;1-5,7H;1-3H2;;1H2/q;;;;+1;/p-1. The van der Waals surface area contributed by atoms with Crippen molar-refractivity contribution in [2.75, 3.05) is 0 Å². The summed E-state index contributed by atoms with van der Waals surface area (Å²) in [6.45, 7) is 12.9. The van der Waals surface area contributed by atoms with E-state index in [1.807, 2.05) is 133 Å². The van der Waals surface area contributed by atoms with Gasteiger partial charge in [-0.1, -0.05) is 194 Å². The smallest absolute Gasteiger partial charge is 0.870 e. The summed E-state index contributed by atoms with van der Waals surface area (Å²) >= 11 is 11.1. The van der Waals surface area contributed by atoms with Gasteiger partial charge in [0, 0.05) is 21.8 Å². The second kappa shape index (κ2) is 27.2. The summed E-state index contributed by atoms with van der Waals surface area (Å²) in [4.78, 5) is -0.397. The van der Waals surface area contributed by atoms with Crippen molar-refractivity contribution < 1.29 is 64.9 Å². The quantitative estimate of drug-likeness (QED) is 0.0545. The van der Waals surface area contributed by atoms with Crippen LogP contribution in [-0.4, -0.2) is 25.9 Å². The van der Waals surface area contributed by atoms with E-state index in [0.717, 1.165) is 44.5 Å². The molecule has 8 aromatic carbocycles. The van der Waals surface area contributed by atoms with Crippen molar-refractivity contribution >= 4 is 23.2 Å². The molecule has 0 aliphatic heterocycles. The van der Waals surface area contributed by atoms with Crippen LogP contribution >= 0.6 is 23.2 Å². The molecule has 9 rings (SSSR count). The molecule has 1 fully saturated rings. The van der Waals surface area contributed by atoms with Crippen molar-refractivity contribution in [2.45, 2.75) is 88.2 Å². The first-order chi connectivity index (χ1) is 33.4. The normalized spacial score (nSPS) is 11.7. The van der Waals surface area contributed by atoms with Crippen LogP contribution in [0, 0.1) is 0 Å². The molecular weight excluding hydrogens is 951 g/mol. The Labute approximate surface area is 458 Å². The van der Waals surface area contributed by atoms with Gasteiger partial charge < -0.3 is 35.4 Å². The number of halogens is 2. The van der Waals surface area contributed by atoms with E-state index in [1.165, 1.54) is 19.3 Å². The minimum absolute atomic E-state index is 0. The number of rotatable bonds is 12. The topological polar surface area (TPSA) is 129 Å². The average Bonchev–Trinajstić information content (AvgIpc) is 4.26. The predicted octanol–water partition coefficient (Wildman–Crippen LogP) is 13.5. The summed E-state index contributed by atoms with van der Waals surface area (Å²) in [6, 6.07) is 64.8. The first-order valence-electron chi connectivity index (χ1n) is 23.5. The van der Waals surface area contributed by atoms with E-state index in [4.69, 9.17) is 32.7 Å². The molecule has 0 saturated heterocycles. The van der Waals surface area contributed by atoms with Crippen LogP contribution in [0.1, 0.15) is 116 Å². The SMILES string of the molecule is C1CC1.CC(C)(c1ccc(O)cc1)c1ccc(O)cc1.CC(C)(c1ccc(O)cc1)c1ccc(OC(Oc2ccc(C(C)(C)c3ccc(O)cc3)cc2)c2ccccc2)cc1.ClC(Cl)c1ccccc1.[Na+].[OH-]. The number of ether oxygens (including phenoxy) is 2. The third-order valence-electron chi connectivity index (χ3n) is 12.5. The van der Waals surface area contributed by atoms with Gasteiger partial charge in [-0.2, -0.15) is 0 Å². The van der Waals surface area contributed by atoms with Crippen molar-refractivity contribution in [3.63, 3.8) is 0 Å². The predicted molar refractivity (Wildman–Crippen MR) is 289 cm³/mol. The first kappa shape index (κ1) is 58.7. The first-order valence-corrected chi connectivity index (χ1v) is 24.4. The summed E-state index contributed by atoms with van der Waals surface area (Å²) in [5.74, 6) is 2.47. The van der Waals surface area contributed by atoms with Gasteiger partial charge in [0.25, 0.3) is 6.29 Å². The Morgan fingerprint density at radius 2 is 0.569 bits per heavy atom. The Kier molecular flexibility index (Phi) is 22.2. The van der Waals surface area contributed by atoms with Crippen LogP contribution in [0.5, 0.6) is 34.5 Å². The van der Waals surface area contributed by atoms with Crippen molar-refractivity contribution in [3.8, 4) is 34.5 Å². The molecule has 0 bridgehead atoms. The van der Waals surface area contributed by atoms with Gasteiger partial charge in [-0.05, 0) is 112 Å². The molecule has 0 atom stereocenters. The van der Waals surface area contributed by atoms with Gasteiger partial charge in [0.2, 0.25) is 0 Å². The molecule has 370 valence electrons. The fraction of sp³-hybridized carbons (Fsp3) is 0.226. The summed E-state index contributed by atoms with van der Waals surface area (Å²) in [6.07, 6.45) is 3.86. The maximum Gasteiger partial charge on any atom is 1.00 e. The van der Waals surface area contributed by atoms with Crippen LogP contribution in [0.25, 0.3) is 0 Å². The third kappa shape index (κ3) is 16.8. The van der Waals surface area contributed by atoms with Gasteiger partial charge in [-0.3, -0.25) is 0 Å². The van der Waals surface area contributed by atoms with Crippen LogP contribution in [0.15, 0.2) is 206 Å². The number of benzene rings is 8.